The summed E-state index contributed by atoms with van der Waals surface area (Å²) in [5.74, 6) is 0.903. The maximum atomic E-state index is 5.93. The third-order valence-electron chi connectivity index (χ3n) is 2.09. The minimum Gasteiger partial charge on any atom is -0.368 e. The monoisotopic (exact) mass is 290 g/mol. The predicted octanol–water partition coefficient (Wildman–Crippen LogP) is 3.97. The highest BCUT2D eigenvalue weighted by Crippen LogP contribution is 2.17. The van der Waals surface area contributed by atoms with Crippen LogP contribution in [0.2, 0.25) is 0 Å². The molecule has 1 heterocycles. The Kier molecular flexibility index (Phi) is 4.87. The fourth-order valence-electron chi connectivity index (χ4n) is 1.42. The van der Waals surface area contributed by atoms with Gasteiger partial charge in [0.15, 0.2) is 0 Å². The van der Waals surface area contributed by atoms with Crippen molar-refractivity contribution in [2.45, 2.75) is 38.6 Å². The second-order valence-electron chi connectivity index (χ2n) is 3.83. The summed E-state index contributed by atoms with van der Waals surface area (Å²) < 4.78 is 1.03. The maximum absolute atomic E-state index is 5.93. The quantitative estimate of drug-likeness (QED) is 0.849. The second-order valence-corrected chi connectivity index (χ2v) is 5.42. The summed E-state index contributed by atoms with van der Waals surface area (Å²) in [6, 6.07) is 4.30. The average Bonchev–Trinajstić information content (AvgIpc) is 2.10. The normalized spacial score (nSPS) is 14.7. The van der Waals surface area contributed by atoms with Crippen LogP contribution in [0.15, 0.2) is 16.6 Å². The number of nitrogens with one attached hydrogen (secondary N) is 1. The molecule has 2 nitrogen and oxygen atoms in total. The van der Waals surface area contributed by atoms with E-state index < -0.39 is 0 Å². The summed E-state index contributed by atoms with van der Waals surface area (Å²) in [7, 11) is 0. The van der Waals surface area contributed by atoms with Gasteiger partial charge in [0.1, 0.15) is 5.82 Å². The molecule has 1 N–H and O–H groups in total. The van der Waals surface area contributed by atoms with Gasteiger partial charge in [-0.1, -0.05) is 0 Å². The van der Waals surface area contributed by atoms with Crippen LogP contribution < -0.4 is 5.32 Å². The van der Waals surface area contributed by atoms with E-state index >= 15 is 0 Å². The maximum Gasteiger partial charge on any atom is 0.126 e. The molecular formula is C11H16BrClN2. The van der Waals surface area contributed by atoms with E-state index in [9.17, 15) is 0 Å². The van der Waals surface area contributed by atoms with Crippen LogP contribution in [-0.4, -0.2) is 16.4 Å². The van der Waals surface area contributed by atoms with Crippen molar-refractivity contribution >= 4 is 33.3 Å². The smallest absolute Gasteiger partial charge is 0.126 e. The molecule has 15 heavy (non-hydrogen) atoms. The SMILES string of the molecule is Cc1nc(NC(C)CC(C)Cl)ccc1Br. The van der Waals surface area contributed by atoms with E-state index in [-0.39, 0.29) is 5.38 Å². The standard InChI is InChI=1S/C11H16BrClN2/c1-7(13)6-8(2)14-11-5-4-10(12)9(3)15-11/h4-5,7-8H,6H2,1-3H3,(H,14,15). The van der Waals surface area contributed by atoms with Gasteiger partial charge in [0.2, 0.25) is 0 Å². The van der Waals surface area contributed by atoms with E-state index in [1.165, 1.54) is 0 Å². The van der Waals surface area contributed by atoms with Crippen molar-refractivity contribution in [1.29, 1.82) is 0 Å². The van der Waals surface area contributed by atoms with Gasteiger partial charge in [0, 0.05) is 15.9 Å². The van der Waals surface area contributed by atoms with Crippen LogP contribution in [0.1, 0.15) is 26.0 Å². The van der Waals surface area contributed by atoms with E-state index in [2.05, 4.69) is 33.2 Å². The van der Waals surface area contributed by atoms with Crippen molar-refractivity contribution in [2.24, 2.45) is 0 Å². The molecule has 84 valence electrons. The Bertz CT molecular complexity index is 328. The zero-order valence-electron chi connectivity index (χ0n) is 9.22. The molecule has 0 saturated heterocycles. The van der Waals surface area contributed by atoms with Crippen LogP contribution >= 0.6 is 27.5 Å². The first kappa shape index (κ1) is 12.8. The molecule has 0 saturated carbocycles. The highest BCUT2D eigenvalue weighted by atomic mass is 79.9. The minimum absolute atomic E-state index is 0.184. The first-order valence-corrected chi connectivity index (χ1v) is 6.25. The summed E-state index contributed by atoms with van der Waals surface area (Å²) in [6.45, 7) is 6.09. The Labute approximate surface area is 105 Å². The van der Waals surface area contributed by atoms with Gasteiger partial charge >= 0.3 is 0 Å². The van der Waals surface area contributed by atoms with Gasteiger partial charge in [0.25, 0.3) is 0 Å². The number of nitrogens with zero attached hydrogens (tertiary/aromatic N) is 1. The second kappa shape index (κ2) is 5.71. The molecule has 0 fully saturated rings. The summed E-state index contributed by atoms with van der Waals surface area (Å²) in [6.07, 6.45) is 0.929. The molecule has 0 amide bonds. The highest BCUT2D eigenvalue weighted by molar-refractivity contribution is 9.10. The van der Waals surface area contributed by atoms with Crippen molar-refractivity contribution < 1.29 is 0 Å². The number of anilines is 1. The topological polar surface area (TPSA) is 24.9 Å². The van der Waals surface area contributed by atoms with E-state index in [1.807, 2.05) is 26.0 Å². The van der Waals surface area contributed by atoms with Gasteiger partial charge in [-0.05, 0) is 55.3 Å². The molecule has 1 aromatic heterocycles. The van der Waals surface area contributed by atoms with E-state index in [0.717, 1.165) is 22.4 Å². The number of hydrogen-bond donors (Lipinski definition) is 1. The van der Waals surface area contributed by atoms with E-state index in [4.69, 9.17) is 11.6 Å². The molecule has 1 rings (SSSR count). The third kappa shape index (κ3) is 4.39. The fraction of sp³-hybridized carbons (Fsp3) is 0.545. The molecule has 2 atom stereocenters. The number of halogens is 2. The zero-order valence-corrected chi connectivity index (χ0v) is 11.6. The van der Waals surface area contributed by atoms with Crippen molar-refractivity contribution in [1.82, 2.24) is 4.98 Å². The van der Waals surface area contributed by atoms with Gasteiger partial charge in [0.05, 0.1) is 5.69 Å². The summed E-state index contributed by atoms with van der Waals surface area (Å²) >= 11 is 9.35. The molecule has 0 bridgehead atoms. The Hall–Kier alpha value is -0.280. The van der Waals surface area contributed by atoms with Crippen LogP contribution in [0.3, 0.4) is 0 Å². The number of rotatable bonds is 4. The number of alkyl halides is 1. The third-order valence-corrected chi connectivity index (χ3v) is 3.11. The zero-order chi connectivity index (χ0) is 11.4. The van der Waals surface area contributed by atoms with E-state index in [1.54, 1.807) is 0 Å². The lowest BCUT2D eigenvalue weighted by atomic mass is 10.2. The lowest BCUT2D eigenvalue weighted by molar-refractivity contribution is 0.693. The first-order chi connectivity index (χ1) is 6.99. The minimum atomic E-state index is 0.184. The molecule has 0 spiro atoms. The van der Waals surface area contributed by atoms with Gasteiger partial charge in [-0.2, -0.15) is 0 Å². The first-order valence-electron chi connectivity index (χ1n) is 5.02. The van der Waals surface area contributed by atoms with Gasteiger partial charge in [-0.15, -0.1) is 11.6 Å². The van der Waals surface area contributed by atoms with E-state index in [0.29, 0.717) is 6.04 Å². The Morgan fingerprint density at radius 2 is 2.13 bits per heavy atom. The Morgan fingerprint density at radius 3 is 2.67 bits per heavy atom. The number of aromatic nitrogens is 1. The molecule has 0 aliphatic heterocycles. The fourth-order valence-corrected chi connectivity index (χ4v) is 1.91. The highest BCUT2D eigenvalue weighted by Gasteiger charge is 2.07. The Morgan fingerprint density at radius 1 is 1.47 bits per heavy atom. The van der Waals surface area contributed by atoms with Gasteiger partial charge in [-0.25, -0.2) is 4.98 Å². The lowest BCUT2D eigenvalue weighted by Gasteiger charge is -2.16. The summed E-state index contributed by atoms with van der Waals surface area (Å²) in [4.78, 5) is 4.42. The average molecular weight is 292 g/mol. The van der Waals surface area contributed by atoms with Gasteiger partial charge in [-0.3, -0.25) is 0 Å². The molecule has 4 heteroatoms. The largest absolute Gasteiger partial charge is 0.368 e. The molecular weight excluding hydrogens is 275 g/mol. The van der Waals surface area contributed by atoms with Crippen LogP contribution in [0.5, 0.6) is 0 Å². The molecule has 0 aliphatic rings. The lowest BCUT2D eigenvalue weighted by Crippen LogP contribution is -2.19. The van der Waals surface area contributed by atoms with Crippen molar-refractivity contribution in [2.75, 3.05) is 5.32 Å². The van der Waals surface area contributed by atoms with Crippen molar-refractivity contribution in [3.63, 3.8) is 0 Å². The molecule has 0 radical (unpaired) electrons. The van der Waals surface area contributed by atoms with Crippen molar-refractivity contribution in [3.8, 4) is 0 Å². The van der Waals surface area contributed by atoms with Crippen LogP contribution in [-0.2, 0) is 0 Å². The number of hydrogen-bond acceptors (Lipinski definition) is 2. The molecule has 1 aromatic rings. The predicted molar refractivity (Wildman–Crippen MR) is 69.7 cm³/mol. The molecule has 2 unspecified atom stereocenters. The summed E-state index contributed by atoms with van der Waals surface area (Å²) in [5, 5.41) is 3.51. The van der Waals surface area contributed by atoms with Gasteiger partial charge < -0.3 is 5.32 Å². The Balaban J connectivity index is 2.60. The summed E-state index contributed by atoms with van der Waals surface area (Å²) in [5.41, 5.74) is 0.992. The number of pyridine rings is 1. The van der Waals surface area contributed by atoms with Crippen LogP contribution in [0.25, 0.3) is 0 Å². The van der Waals surface area contributed by atoms with Crippen LogP contribution in [0, 0.1) is 6.92 Å². The van der Waals surface area contributed by atoms with Crippen molar-refractivity contribution in [3.05, 3.63) is 22.3 Å². The number of aryl methyl sites for hydroxylation is 1. The molecule has 0 aromatic carbocycles. The van der Waals surface area contributed by atoms with Crippen LogP contribution in [0.4, 0.5) is 5.82 Å². The molecule has 0 aliphatic carbocycles.